The fraction of sp³-hybridized carbons (Fsp3) is 0.0667. The molecule has 0 saturated heterocycles. The predicted molar refractivity (Wildman–Crippen MR) is 70.9 cm³/mol. The minimum Gasteiger partial charge on any atom is -0.439 e. The van der Waals surface area contributed by atoms with Gasteiger partial charge >= 0.3 is 0 Å². The smallest absolute Gasteiger partial charge is 0.241 e. The Balaban J connectivity index is 1.90. The molecule has 1 aromatic heterocycles. The van der Waals surface area contributed by atoms with Crippen LogP contribution >= 0.6 is 0 Å². The van der Waals surface area contributed by atoms with Gasteiger partial charge in [0.1, 0.15) is 17.3 Å². The number of anilines is 1. The normalized spacial score (nSPS) is 17.2. The van der Waals surface area contributed by atoms with Crippen molar-refractivity contribution in [3.05, 3.63) is 59.7 Å². The van der Waals surface area contributed by atoms with E-state index in [1.807, 2.05) is 18.2 Å². The second-order valence-corrected chi connectivity index (χ2v) is 4.67. The second-order valence-electron chi connectivity index (χ2n) is 4.67. The van der Waals surface area contributed by atoms with Crippen molar-refractivity contribution in [3.63, 3.8) is 0 Å². The molecule has 0 fully saturated rings. The molecule has 1 aliphatic rings. The number of carbonyl (C=O) groups excluding carboxylic acids is 1. The molecule has 1 amide bonds. The summed E-state index contributed by atoms with van der Waals surface area (Å²) in [6.45, 7) is 0. The first-order chi connectivity index (χ1) is 9.72. The van der Waals surface area contributed by atoms with Crippen LogP contribution in [0.4, 0.5) is 10.1 Å². The highest BCUT2D eigenvalue weighted by molar-refractivity contribution is 6.04. The van der Waals surface area contributed by atoms with Crippen molar-refractivity contribution in [3.8, 4) is 0 Å². The van der Waals surface area contributed by atoms with Gasteiger partial charge in [-0.15, -0.1) is 0 Å². The summed E-state index contributed by atoms with van der Waals surface area (Å²) in [6.07, 6.45) is 0. The minimum absolute atomic E-state index is 0.253. The summed E-state index contributed by atoms with van der Waals surface area (Å²) < 4.78 is 19.0. The fourth-order valence-corrected chi connectivity index (χ4v) is 2.49. The monoisotopic (exact) mass is 268 g/mol. The third-order valence-corrected chi connectivity index (χ3v) is 3.40. The van der Waals surface area contributed by atoms with Crippen LogP contribution < -0.4 is 5.32 Å². The maximum atomic E-state index is 13.4. The van der Waals surface area contributed by atoms with Crippen molar-refractivity contribution in [1.29, 1.82) is 0 Å². The number of amides is 1. The first-order valence-corrected chi connectivity index (χ1v) is 6.18. The number of halogens is 1. The lowest BCUT2D eigenvalue weighted by Crippen LogP contribution is -2.13. The van der Waals surface area contributed by atoms with Crippen LogP contribution in [0.15, 0.2) is 46.9 Å². The molecule has 4 rings (SSSR count). The molecule has 0 aliphatic carbocycles. The Morgan fingerprint density at radius 2 is 2.05 bits per heavy atom. The summed E-state index contributed by atoms with van der Waals surface area (Å²) in [4.78, 5) is 16.4. The van der Waals surface area contributed by atoms with Gasteiger partial charge in [-0.25, -0.2) is 9.37 Å². The highest BCUT2D eigenvalue weighted by Gasteiger charge is 2.36. The van der Waals surface area contributed by atoms with Crippen LogP contribution in [0.2, 0.25) is 0 Å². The molecule has 1 N–H and O–H groups in total. The van der Waals surface area contributed by atoms with Crippen molar-refractivity contribution < 1.29 is 13.6 Å². The lowest BCUT2D eigenvalue weighted by atomic mass is 10.0. The highest BCUT2D eigenvalue weighted by atomic mass is 19.1. The molecule has 4 nitrogen and oxygen atoms in total. The zero-order valence-electron chi connectivity index (χ0n) is 10.3. The van der Waals surface area contributed by atoms with Gasteiger partial charge in [0.15, 0.2) is 5.58 Å². The Kier molecular flexibility index (Phi) is 2.18. The van der Waals surface area contributed by atoms with E-state index in [2.05, 4.69) is 10.3 Å². The van der Waals surface area contributed by atoms with Crippen molar-refractivity contribution in [2.24, 2.45) is 0 Å². The molecule has 98 valence electrons. The van der Waals surface area contributed by atoms with Gasteiger partial charge in [0, 0.05) is 11.3 Å². The molecule has 2 heterocycles. The van der Waals surface area contributed by atoms with Crippen LogP contribution in [-0.2, 0) is 4.79 Å². The SMILES string of the molecule is O=C1Nc2ccc(F)cc2C1c1nc2ccccc2o1. The van der Waals surface area contributed by atoms with Crippen molar-refractivity contribution in [2.45, 2.75) is 5.92 Å². The highest BCUT2D eigenvalue weighted by Crippen LogP contribution is 2.37. The predicted octanol–water partition coefficient (Wildman–Crippen LogP) is 3.05. The molecular formula is C15H9FN2O2. The molecule has 2 aromatic carbocycles. The summed E-state index contributed by atoms with van der Waals surface area (Å²) in [5.41, 5.74) is 2.45. The number of aromatic nitrogens is 1. The topological polar surface area (TPSA) is 55.1 Å². The molecule has 1 aliphatic heterocycles. The Morgan fingerprint density at radius 1 is 1.20 bits per heavy atom. The van der Waals surface area contributed by atoms with E-state index in [-0.39, 0.29) is 17.6 Å². The van der Waals surface area contributed by atoms with E-state index in [1.54, 1.807) is 12.1 Å². The third kappa shape index (κ3) is 1.53. The van der Waals surface area contributed by atoms with Gasteiger partial charge in [0.25, 0.3) is 0 Å². The Labute approximate surface area is 113 Å². The largest absolute Gasteiger partial charge is 0.439 e. The number of para-hydroxylation sites is 2. The maximum absolute atomic E-state index is 13.4. The van der Waals surface area contributed by atoms with Gasteiger partial charge < -0.3 is 9.73 Å². The molecule has 5 heteroatoms. The van der Waals surface area contributed by atoms with E-state index in [1.165, 1.54) is 12.1 Å². The van der Waals surface area contributed by atoms with Crippen molar-refractivity contribution in [2.75, 3.05) is 5.32 Å². The van der Waals surface area contributed by atoms with Crippen LogP contribution in [0.25, 0.3) is 11.1 Å². The summed E-state index contributed by atoms with van der Waals surface area (Å²) >= 11 is 0. The number of hydrogen-bond acceptors (Lipinski definition) is 3. The molecule has 1 atom stereocenters. The number of carbonyl (C=O) groups is 1. The van der Waals surface area contributed by atoms with Crippen molar-refractivity contribution >= 4 is 22.7 Å². The van der Waals surface area contributed by atoms with E-state index in [4.69, 9.17) is 4.42 Å². The van der Waals surface area contributed by atoms with Gasteiger partial charge in [-0.1, -0.05) is 12.1 Å². The molecule has 0 spiro atoms. The number of nitrogens with one attached hydrogen (secondary N) is 1. The standard InChI is InChI=1S/C15H9FN2O2/c16-8-5-6-10-9(7-8)13(14(19)17-10)15-18-11-3-1-2-4-12(11)20-15/h1-7,13H,(H,17,19). The number of fused-ring (bicyclic) bond motifs is 2. The summed E-state index contributed by atoms with van der Waals surface area (Å²) in [7, 11) is 0. The molecule has 1 unspecified atom stereocenters. The quantitative estimate of drug-likeness (QED) is 0.738. The fourth-order valence-electron chi connectivity index (χ4n) is 2.49. The van der Waals surface area contributed by atoms with Gasteiger partial charge in [-0.3, -0.25) is 4.79 Å². The molecule has 0 saturated carbocycles. The van der Waals surface area contributed by atoms with E-state index in [0.29, 0.717) is 22.4 Å². The Bertz CT molecular complexity index is 808. The van der Waals surface area contributed by atoms with Crippen LogP contribution in [-0.4, -0.2) is 10.9 Å². The maximum Gasteiger partial charge on any atom is 0.241 e. The first kappa shape index (κ1) is 11.2. The number of benzene rings is 2. The average Bonchev–Trinajstić information content (AvgIpc) is 2.97. The first-order valence-electron chi connectivity index (χ1n) is 6.18. The number of rotatable bonds is 1. The summed E-state index contributed by atoms with van der Waals surface area (Å²) in [5.74, 6) is -1.06. The van der Waals surface area contributed by atoms with Gasteiger partial charge in [0.05, 0.1) is 0 Å². The Morgan fingerprint density at radius 3 is 2.90 bits per heavy atom. The summed E-state index contributed by atoms with van der Waals surface area (Å²) in [5, 5.41) is 2.71. The van der Waals surface area contributed by atoms with Gasteiger partial charge in [0.2, 0.25) is 11.8 Å². The number of oxazole rings is 1. The number of nitrogens with zero attached hydrogens (tertiary/aromatic N) is 1. The van der Waals surface area contributed by atoms with Crippen LogP contribution in [0.3, 0.4) is 0 Å². The van der Waals surface area contributed by atoms with Crippen LogP contribution in [0, 0.1) is 5.82 Å². The molecule has 3 aromatic rings. The minimum atomic E-state index is -0.701. The lowest BCUT2D eigenvalue weighted by molar-refractivity contribution is -0.116. The zero-order valence-corrected chi connectivity index (χ0v) is 10.3. The van der Waals surface area contributed by atoms with E-state index >= 15 is 0 Å². The average molecular weight is 268 g/mol. The van der Waals surface area contributed by atoms with Crippen LogP contribution in [0.5, 0.6) is 0 Å². The number of hydrogen-bond donors (Lipinski definition) is 1. The van der Waals surface area contributed by atoms with Gasteiger partial charge in [-0.05, 0) is 30.3 Å². The van der Waals surface area contributed by atoms with Crippen LogP contribution in [0.1, 0.15) is 17.4 Å². The molecular weight excluding hydrogens is 259 g/mol. The van der Waals surface area contributed by atoms with Gasteiger partial charge in [-0.2, -0.15) is 0 Å². The molecule has 0 bridgehead atoms. The third-order valence-electron chi connectivity index (χ3n) is 3.40. The summed E-state index contributed by atoms with van der Waals surface area (Å²) in [6, 6.07) is 11.5. The Hall–Kier alpha value is -2.69. The zero-order chi connectivity index (χ0) is 13.7. The van der Waals surface area contributed by atoms with E-state index in [0.717, 1.165) is 0 Å². The molecule has 20 heavy (non-hydrogen) atoms. The second kappa shape index (κ2) is 3.90. The lowest BCUT2D eigenvalue weighted by Gasteiger charge is -2.03. The molecule has 0 radical (unpaired) electrons. The van der Waals surface area contributed by atoms with Crippen molar-refractivity contribution in [1.82, 2.24) is 4.98 Å². The van der Waals surface area contributed by atoms with E-state index in [9.17, 15) is 9.18 Å². The van der Waals surface area contributed by atoms with E-state index < -0.39 is 5.92 Å².